The van der Waals surface area contributed by atoms with E-state index in [1.807, 2.05) is 212 Å². The molecule has 18 nitrogen and oxygen atoms in total. The average molecular weight is 1260 g/mol. The second kappa shape index (κ2) is 26.5. The largest absolute Gasteiger partial charge is 0.448 e. The molecule has 2 atom stereocenters. The van der Waals surface area contributed by atoms with Crippen LogP contribution in [0.5, 0.6) is 0 Å². The van der Waals surface area contributed by atoms with Gasteiger partial charge in [-0.05, 0) is 69.6 Å². The van der Waals surface area contributed by atoms with Gasteiger partial charge in [0, 0.05) is 28.8 Å². The Hall–Kier alpha value is -10.7. The molecule has 3 N–H and O–H groups in total. The smallest absolute Gasteiger partial charge is 0.381 e. The van der Waals surface area contributed by atoms with Crippen LogP contribution in [0.15, 0.2) is 264 Å². The number of β-lactam (4-membered cyclic amide) rings is 1. The quantitative estimate of drug-likeness (QED) is 0.00889. The van der Waals surface area contributed by atoms with Crippen LogP contribution in [0.2, 0.25) is 0 Å². The molecule has 7 aromatic carbocycles. The molecule has 0 aliphatic carbocycles. The average Bonchev–Trinajstić information content (AvgIpc) is 1.25. The number of nitrogens with one attached hydrogen (secondary N) is 3. The van der Waals surface area contributed by atoms with Crippen molar-refractivity contribution in [1.29, 1.82) is 0 Å². The molecular weight excluding hydrogens is 1210 g/mol. The summed E-state index contributed by atoms with van der Waals surface area (Å²) in [6.45, 7) is 1.79. The second-order valence-electron chi connectivity index (χ2n) is 21.1. The van der Waals surface area contributed by atoms with Crippen LogP contribution in [-0.4, -0.2) is 92.8 Å². The molecule has 0 bridgehead atoms. The fraction of sp³-hybridized carbons (Fsp3) is 0.114. The first-order valence-electron chi connectivity index (χ1n) is 28.9. The summed E-state index contributed by atoms with van der Waals surface area (Å²) in [5.74, 6) is -3.61. The van der Waals surface area contributed by atoms with E-state index < -0.39 is 64.6 Å². The number of carbonyl (C=O) groups is 5. The van der Waals surface area contributed by atoms with Crippen LogP contribution >= 0.6 is 34.9 Å². The molecule has 0 radical (unpaired) electrons. The van der Waals surface area contributed by atoms with Gasteiger partial charge in [-0.15, -0.1) is 40.0 Å². The predicted molar refractivity (Wildman–Crippen MR) is 347 cm³/mol. The minimum absolute atomic E-state index is 0.00377. The van der Waals surface area contributed by atoms with Crippen LogP contribution < -0.4 is 10.6 Å². The summed E-state index contributed by atoms with van der Waals surface area (Å²) < 4.78 is 14.1. The maximum Gasteiger partial charge on any atom is 0.381 e. The monoisotopic (exact) mass is 1260 g/mol. The highest BCUT2D eigenvalue weighted by Crippen LogP contribution is 2.44. The number of oxime groups is 1. The number of amides is 2. The number of aryl methyl sites for hydroxylation is 1. The Morgan fingerprint density at radius 2 is 1.18 bits per heavy atom. The van der Waals surface area contributed by atoms with Crippen LogP contribution in [0.1, 0.15) is 83.6 Å². The molecule has 6 heterocycles. The molecular formula is C70H54N10O8S3. The van der Waals surface area contributed by atoms with Crippen molar-refractivity contribution >= 4 is 81.2 Å². The van der Waals surface area contributed by atoms with Crippen molar-refractivity contribution in [1.82, 2.24) is 39.8 Å². The number of hydrogen-bond acceptors (Lipinski definition) is 17. The number of H-pyrrole nitrogens is 1. The summed E-state index contributed by atoms with van der Waals surface area (Å²) in [6, 6.07) is 70.9. The van der Waals surface area contributed by atoms with Crippen molar-refractivity contribution in [2.45, 2.75) is 41.1 Å². The van der Waals surface area contributed by atoms with E-state index in [2.05, 4.69) is 35.8 Å². The molecule has 2 aliphatic heterocycles. The van der Waals surface area contributed by atoms with E-state index in [1.54, 1.807) is 30.6 Å². The number of thiazole rings is 1. The maximum absolute atomic E-state index is 15.2. The van der Waals surface area contributed by atoms with Crippen molar-refractivity contribution < 1.29 is 38.3 Å². The number of nitrogens with zero attached hydrogens (tertiary/aromatic N) is 7. The molecule has 91 heavy (non-hydrogen) atoms. The van der Waals surface area contributed by atoms with Crippen molar-refractivity contribution in [2.24, 2.45) is 5.16 Å². The zero-order valence-electron chi connectivity index (χ0n) is 48.4. The molecule has 2 amide bonds. The van der Waals surface area contributed by atoms with Gasteiger partial charge >= 0.3 is 17.9 Å². The van der Waals surface area contributed by atoms with Crippen molar-refractivity contribution in [2.75, 3.05) is 16.8 Å². The lowest BCUT2D eigenvalue weighted by atomic mass is 9.77. The molecule has 4 aromatic heterocycles. The molecule has 0 unspecified atom stereocenters. The number of hydrogen-bond donors (Lipinski definition) is 3. The van der Waals surface area contributed by atoms with Gasteiger partial charge in [0.15, 0.2) is 23.1 Å². The van der Waals surface area contributed by atoms with E-state index in [0.717, 1.165) is 27.8 Å². The summed E-state index contributed by atoms with van der Waals surface area (Å²) in [7, 11) is 0. The Balaban J connectivity index is 0.810. The Morgan fingerprint density at radius 3 is 1.69 bits per heavy atom. The molecule has 11 aromatic rings. The van der Waals surface area contributed by atoms with Crippen LogP contribution in [0.25, 0.3) is 5.78 Å². The zero-order valence-corrected chi connectivity index (χ0v) is 50.9. The Bertz CT molecular complexity index is 4310. The number of thioether (sulfide) groups is 2. The van der Waals surface area contributed by atoms with E-state index >= 15 is 9.59 Å². The number of benzene rings is 7. The van der Waals surface area contributed by atoms with Crippen LogP contribution in [-0.2, 0) is 34.2 Å². The first-order valence-corrected chi connectivity index (χ1v) is 31.8. The third-order valence-electron chi connectivity index (χ3n) is 15.3. The topological polar surface area (TPSA) is 224 Å². The lowest BCUT2D eigenvalue weighted by Crippen LogP contribution is -2.71. The number of rotatable bonds is 21. The van der Waals surface area contributed by atoms with Gasteiger partial charge in [0.2, 0.25) is 0 Å². The van der Waals surface area contributed by atoms with E-state index in [1.165, 1.54) is 50.3 Å². The number of aromatic nitrogens is 6. The maximum atomic E-state index is 15.2. The second-order valence-corrected chi connectivity index (χ2v) is 24.1. The van der Waals surface area contributed by atoms with Gasteiger partial charge in [-0.2, -0.15) is 9.50 Å². The minimum atomic E-state index is -1.20. The SMILES string of the molecule is Cc1cc(SCC2=C(C(=O)OC(c3ccccc3)c3ccccc3)N3C(=O)[C@@H](NC(=O)C(=NOC(=O)c4ccc[nH]4)c4csc(NC(c5ccccc5)(c5ccccc5)c5ccccc5)n4)[C@H]3SC2)n2nc(C(=O)OC(c3ccccc3)c3ccccc3)nc2n1. The minimum Gasteiger partial charge on any atom is -0.448 e. The molecule has 1 saturated heterocycles. The molecule has 0 spiro atoms. The standard InChI is InChI=1S/C70H54N10O8S3/c1-44-40-55(80-68(72-44)75-61(77-80)67(85)87-60(47-28-13-4-14-29-47)48-30-15-5-16-31-48)89-41-49-42-90-64-57(63(82)79(64)58(49)66(84)86-59(45-24-9-2-10-25-45)46-26-11-3-12-27-46)74-62(81)56(78-88-65(83)53-38-23-39-71-53)54-43-91-69(73-54)76-70(50-32-17-6-18-33-50,51-34-19-7-20-35-51)52-36-21-8-22-37-52/h2-40,43,57,59-60,64,71H,41-42H2,1H3,(H,73,76)(H,74,81)/t57-,64-/m1/s1. The van der Waals surface area contributed by atoms with Crippen molar-refractivity contribution in [3.63, 3.8) is 0 Å². The summed E-state index contributed by atoms with van der Waals surface area (Å²) in [6.07, 6.45) is -0.0781. The van der Waals surface area contributed by atoms with Crippen molar-refractivity contribution in [3.05, 3.63) is 315 Å². The lowest BCUT2D eigenvalue weighted by molar-refractivity contribution is -0.154. The summed E-state index contributed by atoms with van der Waals surface area (Å²) in [4.78, 5) is 96.2. The molecule has 450 valence electrons. The number of carbonyl (C=O) groups excluding carboxylic acids is 5. The van der Waals surface area contributed by atoms with Crippen LogP contribution in [0.4, 0.5) is 5.13 Å². The van der Waals surface area contributed by atoms with Gasteiger partial charge in [-0.3, -0.25) is 14.5 Å². The van der Waals surface area contributed by atoms with E-state index in [-0.39, 0.29) is 40.2 Å². The first kappa shape index (κ1) is 59.2. The molecule has 0 saturated carbocycles. The van der Waals surface area contributed by atoms with Gasteiger partial charge < -0.3 is 29.9 Å². The molecule has 21 heteroatoms. The highest BCUT2D eigenvalue weighted by Gasteiger charge is 2.55. The van der Waals surface area contributed by atoms with E-state index in [0.29, 0.717) is 32.6 Å². The number of esters is 2. The third kappa shape index (κ3) is 12.4. The highest BCUT2D eigenvalue weighted by molar-refractivity contribution is 8.01. The first-order chi connectivity index (χ1) is 44.6. The number of fused-ring (bicyclic) bond motifs is 2. The van der Waals surface area contributed by atoms with E-state index in [4.69, 9.17) is 19.3 Å². The zero-order chi connectivity index (χ0) is 62.3. The Labute approximate surface area is 534 Å². The predicted octanol–water partition coefficient (Wildman–Crippen LogP) is 11.9. The Morgan fingerprint density at radius 1 is 0.659 bits per heavy atom. The number of ether oxygens (including phenoxy) is 2. The highest BCUT2D eigenvalue weighted by atomic mass is 32.2. The summed E-state index contributed by atoms with van der Waals surface area (Å²) in [5, 5.41) is 17.1. The van der Waals surface area contributed by atoms with Crippen LogP contribution in [0.3, 0.4) is 0 Å². The van der Waals surface area contributed by atoms with Gasteiger partial charge in [0.05, 0.1) is 0 Å². The lowest BCUT2D eigenvalue weighted by Gasteiger charge is -2.49. The summed E-state index contributed by atoms with van der Waals surface area (Å²) in [5.41, 5.74) is 5.53. The van der Waals surface area contributed by atoms with Gasteiger partial charge in [-0.25, -0.2) is 24.4 Å². The molecule has 13 rings (SSSR count). The van der Waals surface area contributed by atoms with Gasteiger partial charge in [0.25, 0.3) is 23.4 Å². The molecule has 1 fully saturated rings. The molecule has 2 aliphatic rings. The normalized spacial score (nSPS) is 14.8. The van der Waals surface area contributed by atoms with Gasteiger partial charge in [-0.1, -0.05) is 217 Å². The fourth-order valence-electron chi connectivity index (χ4n) is 11.0. The van der Waals surface area contributed by atoms with Crippen molar-refractivity contribution in [3.8, 4) is 0 Å². The summed E-state index contributed by atoms with van der Waals surface area (Å²) >= 11 is 3.84. The third-order valence-corrected chi connectivity index (χ3v) is 18.5. The van der Waals surface area contributed by atoms with Gasteiger partial charge in [0.1, 0.15) is 39.1 Å². The van der Waals surface area contributed by atoms with E-state index in [9.17, 15) is 14.4 Å². The number of anilines is 1. The fourth-order valence-corrected chi connectivity index (χ4v) is 14.3. The van der Waals surface area contributed by atoms with Crippen LogP contribution in [0, 0.1) is 6.92 Å². The Kier molecular flexibility index (Phi) is 17.3. The number of aromatic amines is 1.